The van der Waals surface area contributed by atoms with Crippen molar-refractivity contribution in [3.05, 3.63) is 120 Å². The van der Waals surface area contributed by atoms with Gasteiger partial charge in [0, 0.05) is 38.6 Å². The number of nitrogens with zero attached hydrogens (tertiary/aromatic N) is 4. The number of carbonyl (C=O) groups excluding carboxylic acids is 3. The summed E-state index contributed by atoms with van der Waals surface area (Å²) in [5.41, 5.74) is 3.47. The van der Waals surface area contributed by atoms with Gasteiger partial charge < -0.3 is 41.5 Å². The molecule has 15 heteroatoms. The van der Waals surface area contributed by atoms with Crippen LogP contribution in [-0.2, 0) is 16.1 Å². The third-order valence-corrected chi connectivity index (χ3v) is 8.62. The van der Waals surface area contributed by atoms with Crippen LogP contribution in [0.2, 0.25) is 0 Å². The Morgan fingerprint density at radius 3 is 2.10 bits per heavy atom. The molecule has 2 aromatic heterocycles. The number of aliphatic hydroxyl groups is 2. The highest BCUT2D eigenvalue weighted by Gasteiger charge is 2.47. The van der Waals surface area contributed by atoms with Gasteiger partial charge in [-0.2, -0.15) is 0 Å². The van der Waals surface area contributed by atoms with E-state index in [9.17, 15) is 24.6 Å². The molecule has 0 bridgehead atoms. The maximum Gasteiger partial charge on any atom is 0.315 e. The van der Waals surface area contributed by atoms with Crippen molar-refractivity contribution < 1.29 is 29.3 Å². The van der Waals surface area contributed by atoms with Gasteiger partial charge in [-0.25, -0.2) is 19.7 Å². The van der Waals surface area contributed by atoms with Crippen LogP contribution in [0.25, 0.3) is 11.2 Å². The number of rotatable bonds is 14. The van der Waals surface area contributed by atoms with Crippen LogP contribution in [0.5, 0.6) is 0 Å². The van der Waals surface area contributed by atoms with E-state index in [0.29, 0.717) is 19.6 Å². The zero-order valence-corrected chi connectivity index (χ0v) is 28.5. The van der Waals surface area contributed by atoms with Crippen LogP contribution in [0.1, 0.15) is 46.4 Å². The number of amides is 4. The zero-order valence-electron chi connectivity index (χ0n) is 28.5. The summed E-state index contributed by atoms with van der Waals surface area (Å²) in [4.78, 5) is 51.9. The number of hydrogen-bond acceptors (Lipinski definition) is 10. The van der Waals surface area contributed by atoms with Crippen molar-refractivity contribution in [3.8, 4) is 0 Å². The number of aliphatic hydroxyl groups excluding tert-OH is 2. The monoisotopic (exact) mass is 707 g/mol. The highest BCUT2D eigenvalue weighted by molar-refractivity contribution is 5.94. The Hall–Kier alpha value is -5.90. The Labute approximate surface area is 299 Å². The Bertz CT molecular complexity index is 1920. The molecular formula is C37H41N9O6. The lowest BCUT2D eigenvalue weighted by Crippen LogP contribution is -2.42. The molecular weight excluding hydrogens is 666 g/mol. The number of benzene rings is 3. The second-order valence-corrected chi connectivity index (χ2v) is 12.1. The molecule has 3 aromatic carbocycles. The number of urea groups is 1. The lowest BCUT2D eigenvalue weighted by molar-refractivity contribution is -0.137. The molecule has 4 amide bonds. The quantitative estimate of drug-likeness (QED) is 0.0837. The molecule has 6 rings (SSSR count). The highest BCUT2D eigenvalue weighted by atomic mass is 16.6. The molecule has 15 nitrogen and oxygen atoms in total. The fraction of sp³-hybridized carbons (Fsp3) is 0.297. The van der Waals surface area contributed by atoms with Crippen LogP contribution < -0.4 is 26.6 Å². The van der Waals surface area contributed by atoms with Gasteiger partial charge in [0.15, 0.2) is 29.3 Å². The fourth-order valence-electron chi connectivity index (χ4n) is 5.98. The number of fused-ring (bicyclic) bond motifs is 1. The van der Waals surface area contributed by atoms with Crippen LogP contribution in [0, 0.1) is 0 Å². The summed E-state index contributed by atoms with van der Waals surface area (Å²) in [6.07, 6.45) is -4.25. The van der Waals surface area contributed by atoms with Gasteiger partial charge in [-0.05, 0) is 23.6 Å². The third kappa shape index (κ3) is 8.34. The number of imidazole rings is 1. The summed E-state index contributed by atoms with van der Waals surface area (Å²) in [6.45, 7) is 2.97. The van der Waals surface area contributed by atoms with E-state index in [4.69, 9.17) is 4.74 Å². The van der Waals surface area contributed by atoms with Gasteiger partial charge in [0.1, 0.15) is 12.2 Å². The van der Waals surface area contributed by atoms with Gasteiger partial charge in [-0.3, -0.25) is 14.2 Å². The molecule has 1 fully saturated rings. The van der Waals surface area contributed by atoms with Gasteiger partial charge >= 0.3 is 6.03 Å². The van der Waals surface area contributed by atoms with Crippen molar-refractivity contribution in [3.63, 3.8) is 0 Å². The van der Waals surface area contributed by atoms with Gasteiger partial charge in [0.2, 0.25) is 5.82 Å². The van der Waals surface area contributed by atoms with Crippen LogP contribution in [0.3, 0.4) is 0 Å². The predicted molar refractivity (Wildman–Crippen MR) is 192 cm³/mol. The van der Waals surface area contributed by atoms with Crippen LogP contribution in [0.15, 0.2) is 97.3 Å². The molecule has 1 aliphatic rings. The van der Waals surface area contributed by atoms with Gasteiger partial charge in [0.05, 0.1) is 6.33 Å². The molecule has 0 spiro atoms. The van der Waals surface area contributed by atoms with E-state index in [-0.39, 0.29) is 47.8 Å². The third-order valence-electron chi connectivity index (χ3n) is 8.62. The molecule has 0 saturated carbocycles. The first-order chi connectivity index (χ1) is 25.3. The Morgan fingerprint density at radius 2 is 1.44 bits per heavy atom. The molecule has 0 radical (unpaired) electrons. The highest BCUT2D eigenvalue weighted by Crippen LogP contribution is 2.33. The molecule has 3 heterocycles. The van der Waals surface area contributed by atoms with Gasteiger partial charge in [-0.1, -0.05) is 91.0 Å². The summed E-state index contributed by atoms with van der Waals surface area (Å²) >= 11 is 0. The number of likely N-dealkylation sites (N-methyl/N-ethyl adjacent to an activating group) is 1. The molecule has 52 heavy (non-hydrogen) atoms. The molecule has 7 N–H and O–H groups in total. The summed E-state index contributed by atoms with van der Waals surface area (Å²) in [6, 6.07) is 29.0. The number of ether oxygens (including phenoxy) is 1. The first-order valence-corrected chi connectivity index (χ1v) is 17.1. The molecule has 4 atom stereocenters. The predicted octanol–water partition coefficient (Wildman–Crippen LogP) is 2.05. The lowest BCUT2D eigenvalue weighted by Gasteiger charge is -2.20. The van der Waals surface area contributed by atoms with Crippen molar-refractivity contribution in [1.29, 1.82) is 0 Å². The van der Waals surface area contributed by atoms with Crippen LogP contribution in [0.4, 0.5) is 10.6 Å². The second kappa shape index (κ2) is 16.9. The summed E-state index contributed by atoms with van der Waals surface area (Å²) in [5, 5.41) is 35.8. The smallest absolute Gasteiger partial charge is 0.315 e. The average molecular weight is 708 g/mol. The molecule has 1 saturated heterocycles. The first kappa shape index (κ1) is 35.9. The Balaban J connectivity index is 1.23. The molecule has 0 aliphatic carbocycles. The number of carbonyl (C=O) groups is 3. The first-order valence-electron chi connectivity index (χ1n) is 17.1. The summed E-state index contributed by atoms with van der Waals surface area (Å²) in [7, 11) is 0. The minimum absolute atomic E-state index is 0.0793. The largest absolute Gasteiger partial charge is 0.387 e. The zero-order chi connectivity index (χ0) is 36.5. The molecule has 5 aromatic rings. The lowest BCUT2D eigenvalue weighted by atomic mass is 9.91. The van der Waals surface area contributed by atoms with Crippen molar-refractivity contribution in [2.24, 2.45) is 0 Å². The maximum absolute atomic E-state index is 13.5. The summed E-state index contributed by atoms with van der Waals surface area (Å²) < 4.78 is 7.21. The fourth-order valence-corrected chi connectivity index (χ4v) is 5.98. The maximum atomic E-state index is 13.5. The van der Waals surface area contributed by atoms with Crippen molar-refractivity contribution >= 4 is 34.8 Å². The molecule has 1 aliphatic heterocycles. The van der Waals surface area contributed by atoms with Crippen molar-refractivity contribution in [2.45, 2.75) is 43.9 Å². The minimum Gasteiger partial charge on any atom is -0.387 e. The van der Waals surface area contributed by atoms with Gasteiger partial charge in [-0.15, -0.1) is 0 Å². The van der Waals surface area contributed by atoms with E-state index in [1.165, 1.54) is 10.9 Å². The number of anilines is 1. The van der Waals surface area contributed by atoms with Crippen LogP contribution >= 0.6 is 0 Å². The standard InChI is InChI=1S/C37H41N9O6/c1-2-38-34(49)30-28(47)29(48)36(52-30)46-22-43-27-31(41-21-26(24-14-8-4-9-15-24)25-16-10-5-11-17-25)44-32(45-33(27)46)35(50)39-18-19-40-37(51)42-20-23-12-6-3-7-13-23/h3-17,22,26,28-30,36,47-48H,2,18-21H2,1H3,(H,38,49)(H,39,50)(H2,40,42,51)(H,41,44,45)/t28-,29+,30-,36+/m0/s1. The minimum atomic E-state index is -1.52. The number of nitrogens with one attached hydrogen (secondary N) is 5. The van der Waals surface area contributed by atoms with Crippen molar-refractivity contribution in [1.82, 2.24) is 40.8 Å². The SMILES string of the molecule is CCNC(=O)[C@H]1O[C@@H](n2cnc3c(NCC(c4ccccc4)c4ccccc4)nc(C(=O)NCCNC(=O)NCc4ccccc4)nc32)[C@H](O)[C@@H]1O. The van der Waals surface area contributed by atoms with Crippen LogP contribution in [-0.4, -0.2) is 92.1 Å². The topological polar surface area (TPSA) is 205 Å². The average Bonchev–Trinajstić information content (AvgIpc) is 3.73. The van der Waals surface area contributed by atoms with Crippen molar-refractivity contribution in [2.75, 3.05) is 31.5 Å². The van der Waals surface area contributed by atoms with Gasteiger partial charge in [0.25, 0.3) is 11.8 Å². The van der Waals surface area contributed by atoms with E-state index >= 15 is 0 Å². The Morgan fingerprint density at radius 1 is 0.808 bits per heavy atom. The normalized spacial score (nSPS) is 18.2. The van der Waals surface area contributed by atoms with E-state index in [2.05, 4.69) is 41.5 Å². The van der Waals surface area contributed by atoms with E-state index in [1.807, 2.05) is 91.0 Å². The molecule has 270 valence electrons. The molecule has 0 unspecified atom stereocenters. The number of aromatic nitrogens is 4. The second-order valence-electron chi connectivity index (χ2n) is 12.1. The Kier molecular flexibility index (Phi) is 11.7. The van der Waals surface area contributed by atoms with E-state index in [1.54, 1.807) is 6.92 Å². The number of hydrogen-bond donors (Lipinski definition) is 7. The van der Waals surface area contributed by atoms with E-state index < -0.39 is 36.4 Å². The van der Waals surface area contributed by atoms with E-state index in [0.717, 1.165) is 16.7 Å². The summed E-state index contributed by atoms with van der Waals surface area (Å²) in [5.74, 6) is -1.26.